The number of nitrogens with zero attached hydrogens (tertiary/aromatic N) is 2. The van der Waals surface area contributed by atoms with Crippen LogP contribution in [-0.2, 0) is 21.2 Å². The molecule has 2 N–H and O–H groups in total. The number of alkyl halides is 3. The van der Waals surface area contributed by atoms with Crippen molar-refractivity contribution in [1.82, 2.24) is 9.99 Å². The van der Waals surface area contributed by atoms with E-state index in [0.717, 1.165) is 5.01 Å². The molecule has 3 atom stereocenters. The number of halogens is 5. The maximum Gasteiger partial charge on any atom is 0.417 e. The van der Waals surface area contributed by atoms with Crippen LogP contribution < -0.4 is 14.9 Å². The van der Waals surface area contributed by atoms with Gasteiger partial charge in [0.2, 0.25) is 0 Å². The van der Waals surface area contributed by atoms with Crippen molar-refractivity contribution in [3.05, 3.63) is 99.7 Å². The summed E-state index contributed by atoms with van der Waals surface area (Å²) >= 11 is 12.3. The summed E-state index contributed by atoms with van der Waals surface area (Å²) in [6.45, 7) is 3.95. The number of carbonyl (C=O) groups is 2. The van der Waals surface area contributed by atoms with E-state index >= 15 is 0 Å². The first kappa shape index (κ1) is 30.2. The predicted octanol–water partition coefficient (Wildman–Crippen LogP) is 6.68. The van der Waals surface area contributed by atoms with Crippen LogP contribution in [-0.4, -0.2) is 41.1 Å². The fraction of sp³-hybridized carbons (Fsp3) is 0.233. The van der Waals surface area contributed by atoms with Gasteiger partial charge in [0.1, 0.15) is 17.2 Å². The molecule has 8 nitrogen and oxygen atoms in total. The Labute approximate surface area is 254 Å². The quantitative estimate of drug-likeness (QED) is 0.280. The number of aromatic hydroxyl groups is 1. The van der Waals surface area contributed by atoms with E-state index in [0.29, 0.717) is 34.0 Å². The van der Waals surface area contributed by atoms with Crippen molar-refractivity contribution in [2.75, 3.05) is 19.6 Å². The monoisotopic (exact) mass is 633 g/mol. The Kier molecular flexibility index (Phi) is 7.82. The average molecular weight is 634 g/mol. The number of hydrazine groups is 1. The van der Waals surface area contributed by atoms with Crippen molar-refractivity contribution in [2.45, 2.75) is 23.9 Å². The van der Waals surface area contributed by atoms with Crippen LogP contribution in [0, 0.1) is 5.92 Å². The lowest BCUT2D eigenvalue weighted by Gasteiger charge is -2.43. The number of imide groups is 1. The number of rotatable bonds is 7. The summed E-state index contributed by atoms with van der Waals surface area (Å²) in [4.78, 5) is 32.6. The molecule has 1 aliphatic heterocycles. The van der Waals surface area contributed by atoms with E-state index < -0.39 is 45.8 Å². The normalized spacial score (nSPS) is 21.7. The van der Waals surface area contributed by atoms with Crippen LogP contribution in [0.25, 0.3) is 0 Å². The number of hydrogen-bond acceptors (Lipinski definition) is 7. The number of ether oxygens (including phenoxy) is 2. The van der Waals surface area contributed by atoms with Gasteiger partial charge in [-0.15, -0.1) is 0 Å². The average Bonchev–Trinajstić information content (AvgIpc) is 3.19. The number of benzene rings is 2. The molecule has 13 heteroatoms. The molecule has 2 aliphatic rings. The van der Waals surface area contributed by atoms with Crippen molar-refractivity contribution in [3.63, 3.8) is 0 Å². The molecular formula is C30H24Cl2F3N3O5. The SMILES string of the molecule is C=CC1=CCC2C(=O)N(Nc3ncc(C(F)(F)F)cc3Cl)C(=O)C2(c2ccc(Cl)cc2)C1c1c(OC)cc(O)cc1OC. The number of pyridine rings is 1. The lowest BCUT2D eigenvalue weighted by Crippen LogP contribution is -2.49. The second kappa shape index (κ2) is 11.1. The Bertz CT molecular complexity index is 1640. The highest BCUT2D eigenvalue weighted by Gasteiger charge is 2.66. The number of fused-ring (bicyclic) bond motifs is 1. The van der Waals surface area contributed by atoms with Gasteiger partial charge in [-0.1, -0.05) is 54.1 Å². The highest BCUT2D eigenvalue weighted by molar-refractivity contribution is 6.33. The predicted molar refractivity (Wildman–Crippen MR) is 153 cm³/mol. The smallest absolute Gasteiger partial charge is 0.417 e. The van der Waals surface area contributed by atoms with Crippen LogP contribution in [0.1, 0.15) is 29.0 Å². The van der Waals surface area contributed by atoms with Crippen LogP contribution in [0.4, 0.5) is 19.0 Å². The second-order valence-electron chi connectivity index (χ2n) is 9.91. The minimum atomic E-state index is -4.70. The molecule has 0 radical (unpaired) electrons. The van der Waals surface area contributed by atoms with E-state index in [9.17, 15) is 27.9 Å². The fourth-order valence-electron chi connectivity index (χ4n) is 5.94. The summed E-state index contributed by atoms with van der Waals surface area (Å²) in [5.74, 6) is -3.49. The van der Waals surface area contributed by atoms with Gasteiger partial charge in [-0.05, 0) is 35.8 Å². The Morgan fingerprint density at radius 2 is 1.74 bits per heavy atom. The topological polar surface area (TPSA) is 101 Å². The number of methoxy groups -OCH3 is 2. The zero-order chi connectivity index (χ0) is 31.3. The molecule has 1 aromatic heterocycles. The maximum absolute atomic E-state index is 14.8. The molecule has 2 aromatic carbocycles. The van der Waals surface area contributed by atoms with Crippen LogP contribution in [0.2, 0.25) is 10.0 Å². The molecule has 3 unspecified atom stereocenters. The highest BCUT2D eigenvalue weighted by Crippen LogP contribution is 2.60. The number of amides is 2. The number of phenolic OH excluding ortho intramolecular Hbond substituents is 1. The van der Waals surface area contributed by atoms with Gasteiger partial charge in [-0.3, -0.25) is 15.0 Å². The first-order chi connectivity index (χ1) is 20.4. The van der Waals surface area contributed by atoms with E-state index in [1.165, 1.54) is 26.4 Å². The standard InChI is InChI=1S/C30H24Cl2F3N3O5/c1-4-15-5-10-20-27(40)38(37-26-21(32)11-17(14-36-26)30(33,34)35)28(41)29(20,16-6-8-18(31)9-7-16)25(15)24-22(42-2)12-19(39)13-23(24)43-3/h4-9,11-14,20,25,39H,1,10H2,2-3H3,(H,36,37). The third-order valence-electron chi connectivity index (χ3n) is 7.76. The van der Waals surface area contributed by atoms with Crippen molar-refractivity contribution in [3.8, 4) is 17.2 Å². The Balaban J connectivity index is 1.75. The second-order valence-corrected chi connectivity index (χ2v) is 10.8. The molecule has 224 valence electrons. The minimum absolute atomic E-state index is 0.111. The van der Waals surface area contributed by atoms with E-state index in [1.54, 1.807) is 36.4 Å². The molecule has 0 bridgehead atoms. The molecule has 3 aromatic rings. The van der Waals surface area contributed by atoms with E-state index in [1.807, 2.05) is 0 Å². The first-order valence-corrected chi connectivity index (χ1v) is 13.5. The van der Waals surface area contributed by atoms with Crippen LogP contribution >= 0.6 is 23.2 Å². The maximum atomic E-state index is 14.8. The number of aromatic nitrogens is 1. The molecule has 0 spiro atoms. The number of hydrogen-bond donors (Lipinski definition) is 2. The lowest BCUT2D eigenvalue weighted by atomic mass is 9.55. The molecule has 0 saturated carbocycles. The van der Waals surface area contributed by atoms with Gasteiger partial charge in [0.15, 0.2) is 5.82 Å². The summed E-state index contributed by atoms with van der Waals surface area (Å²) in [6, 6.07) is 9.80. The molecule has 1 fully saturated rings. The zero-order valence-corrected chi connectivity index (χ0v) is 24.2. The fourth-order valence-corrected chi connectivity index (χ4v) is 6.27. The van der Waals surface area contributed by atoms with Gasteiger partial charge >= 0.3 is 6.18 Å². The van der Waals surface area contributed by atoms with Crippen molar-refractivity contribution >= 4 is 40.8 Å². The highest BCUT2D eigenvalue weighted by atomic mass is 35.5. The van der Waals surface area contributed by atoms with Gasteiger partial charge < -0.3 is 14.6 Å². The van der Waals surface area contributed by atoms with Crippen LogP contribution in [0.5, 0.6) is 17.2 Å². The van der Waals surface area contributed by atoms with Crippen LogP contribution in [0.3, 0.4) is 0 Å². The van der Waals surface area contributed by atoms with Crippen molar-refractivity contribution in [2.24, 2.45) is 5.92 Å². The minimum Gasteiger partial charge on any atom is -0.508 e. The zero-order valence-electron chi connectivity index (χ0n) is 22.7. The molecule has 1 saturated heterocycles. The van der Waals surface area contributed by atoms with Crippen molar-refractivity contribution < 1.29 is 37.3 Å². The summed E-state index contributed by atoms with van der Waals surface area (Å²) in [5, 5.41) is 11.0. The Hall–Kier alpha value is -4.22. The van der Waals surface area contributed by atoms with Gasteiger partial charge in [-0.2, -0.15) is 18.2 Å². The summed E-state index contributed by atoms with van der Waals surface area (Å²) in [7, 11) is 2.77. The molecule has 2 amide bonds. The largest absolute Gasteiger partial charge is 0.508 e. The number of allylic oxidation sites excluding steroid dienone is 3. The molecule has 43 heavy (non-hydrogen) atoms. The summed E-state index contributed by atoms with van der Waals surface area (Å²) in [5.41, 5.74) is 1.16. The van der Waals surface area contributed by atoms with E-state index in [2.05, 4.69) is 17.0 Å². The molecule has 1 aliphatic carbocycles. The third-order valence-corrected chi connectivity index (χ3v) is 8.30. The molecule has 2 heterocycles. The third kappa shape index (κ3) is 4.86. The van der Waals surface area contributed by atoms with Gasteiger partial charge in [0, 0.05) is 34.8 Å². The number of phenols is 1. The van der Waals surface area contributed by atoms with Gasteiger partial charge in [-0.25, -0.2) is 4.98 Å². The van der Waals surface area contributed by atoms with E-state index in [-0.39, 0.29) is 29.5 Å². The number of nitrogens with one attached hydrogen (secondary N) is 1. The summed E-state index contributed by atoms with van der Waals surface area (Å²) in [6.07, 6.45) is -0.704. The molecule has 5 rings (SSSR count). The lowest BCUT2D eigenvalue weighted by molar-refractivity contribution is -0.139. The van der Waals surface area contributed by atoms with E-state index in [4.69, 9.17) is 32.7 Å². The molecular weight excluding hydrogens is 610 g/mol. The van der Waals surface area contributed by atoms with Gasteiger partial charge in [0.05, 0.1) is 36.1 Å². The van der Waals surface area contributed by atoms with Crippen molar-refractivity contribution in [1.29, 1.82) is 0 Å². The van der Waals surface area contributed by atoms with Crippen LogP contribution in [0.15, 0.2) is 73.0 Å². The number of carbonyl (C=O) groups excluding carboxylic acids is 2. The Morgan fingerprint density at radius 1 is 1.12 bits per heavy atom. The van der Waals surface area contributed by atoms with Gasteiger partial charge in [0.25, 0.3) is 11.8 Å². The Morgan fingerprint density at radius 3 is 2.28 bits per heavy atom. The summed E-state index contributed by atoms with van der Waals surface area (Å²) < 4.78 is 50.9. The first-order valence-electron chi connectivity index (χ1n) is 12.8. The number of anilines is 1.